The minimum Gasteiger partial charge on any atom is -0.507 e. The summed E-state index contributed by atoms with van der Waals surface area (Å²) in [5.74, 6) is -1.31. The smallest absolute Gasteiger partial charge is 0.239 e. The number of aliphatic hydroxyl groups excluding tert-OH is 9. The highest BCUT2D eigenvalue weighted by Crippen LogP contribution is 2.40. The van der Waals surface area contributed by atoms with Crippen LogP contribution in [-0.2, 0) is 14.2 Å². The van der Waals surface area contributed by atoms with Crippen molar-refractivity contribution in [3.8, 4) is 40.1 Å². The molecule has 0 saturated carbocycles. The monoisotopic (exact) mass is 742 g/mol. The number of benzene rings is 2. The third-order valence-corrected chi connectivity index (χ3v) is 8.31. The first-order valence-corrected chi connectivity index (χ1v) is 16.3. The van der Waals surface area contributed by atoms with Crippen molar-refractivity contribution in [2.75, 3.05) is 46.2 Å². The highest BCUT2D eigenvalue weighted by molar-refractivity contribution is 5.88. The SMILES string of the molecule is CC1O[C@H](OCC2O[C@H](Oc3c(-c4ccc(OCCO)c(OCCO)c4)oc4cc(OCCO)cc(O)c4c3=O)C(O)[C@@H](O)[C@H]2O)C(O)[C@H](O)[C@@H]1O. The van der Waals surface area contributed by atoms with Gasteiger partial charge in [-0.15, -0.1) is 0 Å². The molecule has 2 saturated heterocycles. The molecule has 2 fully saturated rings. The molecule has 0 amide bonds. The summed E-state index contributed by atoms with van der Waals surface area (Å²) in [6.45, 7) is -0.648. The van der Waals surface area contributed by atoms with Crippen molar-refractivity contribution in [1.29, 1.82) is 0 Å². The second-order valence-corrected chi connectivity index (χ2v) is 11.9. The van der Waals surface area contributed by atoms with Crippen LogP contribution in [0.3, 0.4) is 0 Å². The van der Waals surface area contributed by atoms with Crippen LogP contribution in [0, 0.1) is 0 Å². The number of hydrogen-bond acceptors (Lipinski definition) is 19. The molecule has 2 aromatic carbocycles. The lowest BCUT2D eigenvalue weighted by molar-refractivity contribution is -0.318. The normalized spacial score (nSPS) is 29.2. The van der Waals surface area contributed by atoms with E-state index in [1.807, 2.05) is 0 Å². The fraction of sp³-hybridized carbons (Fsp3) is 0.545. The summed E-state index contributed by atoms with van der Waals surface area (Å²) < 4.78 is 45.1. The van der Waals surface area contributed by atoms with Gasteiger partial charge in [0.15, 0.2) is 23.5 Å². The van der Waals surface area contributed by atoms with Gasteiger partial charge in [-0.25, -0.2) is 0 Å². The molecule has 1 aromatic heterocycles. The number of phenolic OH excluding ortho intramolecular Hbond substituents is 1. The third-order valence-electron chi connectivity index (χ3n) is 8.31. The maximum absolute atomic E-state index is 14.1. The van der Waals surface area contributed by atoms with Crippen molar-refractivity contribution in [3.05, 3.63) is 40.6 Å². The zero-order chi connectivity index (χ0) is 37.7. The molecule has 19 nitrogen and oxygen atoms in total. The topological polar surface area (TPSA) is 297 Å². The highest BCUT2D eigenvalue weighted by atomic mass is 16.7. The van der Waals surface area contributed by atoms with E-state index in [4.69, 9.17) is 37.6 Å². The number of rotatable bonds is 15. The molecule has 288 valence electrons. The summed E-state index contributed by atoms with van der Waals surface area (Å²) in [6, 6.07) is 6.59. The summed E-state index contributed by atoms with van der Waals surface area (Å²) in [5, 5.41) is 101. The molecule has 3 aromatic rings. The summed E-state index contributed by atoms with van der Waals surface area (Å²) in [4.78, 5) is 14.1. The number of fused-ring (bicyclic) bond motifs is 1. The van der Waals surface area contributed by atoms with Crippen LogP contribution in [-0.4, -0.2) is 159 Å². The molecule has 19 heteroatoms. The molecule has 3 heterocycles. The fourth-order valence-electron chi connectivity index (χ4n) is 5.60. The van der Waals surface area contributed by atoms with Gasteiger partial charge in [-0.1, -0.05) is 0 Å². The Balaban J connectivity index is 1.53. The van der Waals surface area contributed by atoms with Gasteiger partial charge in [-0.05, 0) is 25.1 Å². The van der Waals surface area contributed by atoms with Crippen molar-refractivity contribution in [2.24, 2.45) is 0 Å². The molecule has 52 heavy (non-hydrogen) atoms. The zero-order valence-electron chi connectivity index (χ0n) is 27.8. The van der Waals surface area contributed by atoms with Gasteiger partial charge in [0.25, 0.3) is 0 Å². The van der Waals surface area contributed by atoms with E-state index in [1.54, 1.807) is 0 Å². The first-order valence-electron chi connectivity index (χ1n) is 16.3. The lowest BCUT2D eigenvalue weighted by Crippen LogP contribution is -2.61. The summed E-state index contributed by atoms with van der Waals surface area (Å²) in [6.07, 6.45) is -16.3. The van der Waals surface area contributed by atoms with Crippen LogP contribution in [0.2, 0.25) is 0 Å². The van der Waals surface area contributed by atoms with E-state index in [1.165, 1.54) is 31.2 Å². The van der Waals surface area contributed by atoms with Gasteiger partial charge in [0.05, 0.1) is 32.5 Å². The quantitative estimate of drug-likeness (QED) is 0.0758. The zero-order valence-corrected chi connectivity index (χ0v) is 27.8. The van der Waals surface area contributed by atoms with E-state index in [2.05, 4.69) is 0 Å². The van der Waals surface area contributed by atoms with Gasteiger partial charge in [0.2, 0.25) is 17.5 Å². The second-order valence-electron chi connectivity index (χ2n) is 11.9. The Bertz CT molecular complexity index is 1700. The number of ether oxygens (including phenoxy) is 7. The average molecular weight is 743 g/mol. The molecule has 10 N–H and O–H groups in total. The van der Waals surface area contributed by atoms with Gasteiger partial charge in [0, 0.05) is 17.7 Å². The van der Waals surface area contributed by atoms with Crippen molar-refractivity contribution < 1.29 is 88.6 Å². The van der Waals surface area contributed by atoms with E-state index in [9.17, 15) is 55.9 Å². The van der Waals surface area contributed by atoms with Crippen molar-refractivity contribution >= 4 is 11.0 Å². The van der Waals surface area contributed by atoms with Gasteiger partial charge in [-0.2, -0.15) is 0 Å². The van der Waals surface area contributed by atoms with E-state index < -0.39 is 84.9 Å². The predicted octanol–water partition coefficient (Wildman–Crippen LogP) is -2.69. The summed E-state index contributed by atoms with van der Waals surface area (Å²) in [5.41, 5.74) is -1.08. The fourth-order valence-corrected chi connectivity index (χ4v) is 5.60. The molecule has 0 aliphatic carbocycles. The molecule has 0 bridgehead atoms. The molecule has 5 rings (SSSR count). The van der Waals surface area contributed by atoms with Crippen molar-refractivity contribution in [2.45, 2.75) is 68.3 Å². The predicted molar refractivity (Wildman–Crippen MR) is 173 cm³/mol. The Hall–Kier alpha value is -3.83. The largest absolute Gasteiger partial charge is 0.507 e. The molecule has 0 radical (unpaired) electrons. The lowest BCUT2D eigenvalue weighted by Gasteiger charge is -2.42. The molecule has 2 aliphatic rings. The van der Waals surface area contributed by atoms with E-state index in [0.29, 0.717) is 0 Å². The molecule has 2 aliphatic heterocycles. The maximum atomic E-state index is 14.1. The van der Waals surface area contributed by atoms with Gasteiger partial charge >= 0.3 is 0 Å². The Kier molecular flexibility index (Phi) is 13.1. The maximum Gasteiger partial charge on any atom is 0.239 e. The van der Waals surface area contributed by atoms with Gasteiger partial charge in [0.1, 0.15) is 85.0 Å². The van der Waals surface area contributed by atoms with Crippen LogP contribution in [0.15, 0.2) is 39.5 Å². The summed E-state index contributed by atoms with van der Waals surface area (Å²) >= 11 is 0. The van der Waals surface area contributed by atoms with Crippen molar-refractivity contribution in [1.82, 2.24) is 0 Å². The molecule has 4 unspecified atom stereocenters. The number of aromatic hydroxyl groups is 1. The van der Waals surface area contributed by atoms with Crippen LogP contribution in [0.5, 0.6) is 28.7 Å². The van der Waals surface area contributed by atoms with Crippen LogP contribution in [0.1, 0.15) is 6.92 Å². The number of hydrogen-bond donors (Lipinski definition) is 10. The summed E-state index contributed by atoms with van der Waals surface area (Å²) in [7, 11) is 0. The van der Waals surface area contributed by atoms with Crippen LogP contribution >= 0.6 is 0 Å². The van der Waals surface area contributed by atoms with Crippen LogP contribution in [0.25, 0.3) is 22.3 Å². The van der Waals surface area contributed by atoms with E-state index >= 15 is 0 Å². The Morgan fingerprint density at radius 3 is 2.04 bits per heavy atom. The highest BCUT2D eigenvalue weighted by Gasteiger charge is 2.48. The second kappa shape index (κ2) is 17.3. The average Bonchev–Trinajstić information content (AvgIpc) is 3.13. The minimum absolute atomic E-state index is 0.0380. The minimum atomic E-state index is -1.98. The van der Waals surface area contributed by atoms with Crippen LogP contribution < -0.4 is 24.4 Å². The van der Waals surface area contributed by atoms with E-state index in [-0.39, 0.29) is 79.2 Å². The number of aliphatic hydroxyl groups is 9. The van der Waals surface area contributed by atoms with Crippen molar-refractivity contribution in [3.63, 3.8) is 0 Å². The molecular weight excluding hydrogens is 700 g/mol. The van der Waals surface area contributed by atoms with E-state index in [0.717, 1.165) is 6.07 Å². The molecular formula is C33H42O19. The Morgan fingerprint density at radius 2 is 1.35 bits per heavy atom. The first kappa shape index (κ1) is 39.4. The molecule has 0 spiro atoms. The Morgan fingerprint density at radius 1 is 0.712 bits per heavy atom. The number of phenols is 1. The van der Waals surface area contributed by atoms with Crippen LogP contribution in [0.4, 0.5) is 0 Å². The molecule has 10 atom stereocenters. The third kappa shape index (κ3) is 8.36. The van der Waals surface area contributed by atoms with Gasteiger partial charge in [-0.3, -0.25) is 4.79 Å². The van der Waals surface area contributed by atoms with Gasteiger partial charge < -0.3 is 88.6 Å². The standard InChI is InChI=1S/C33H42O19/c1-14-23(38)26(41)28(43)32(49-14)48-13-21-24(39)27(42)29(44)33(51-21)52-31-25(40)22-17(37)11-16(45-7-4-34)12-20(22)50-30(31)15-2-3-18(46-8-5-35)19(10-15)47-9-6-36/h2-3,10-12,14,21,23-24,26-29,32-39,41-44H,4-9,13H2,1H3/t14?,21?,23-,24+,26-,27+,28?,29?,32+,33-/m1/s1. The lowest BCUT2D eigenvalue weighted by atomic mass is 9.98. The Labute approximate surface area is 294 Å². The first-order chi connectivity index (χ1) is 24.9.